The molecule has 142 valence electrons. The predicted molar refractivity (Wildman–Crippen MR) is 98.2 cm³/mol. The highest BCUT2D eigenvalue weighted by atomic mass is 32.2. The van der Waals surface area contributed by atoms with Gasteiger partial charge >= 0.3 is 7.60 Å². The minimum absolute atomic E-state index is 0.405. The van der Waals surface area contributed by atoms with Crippen molar-refractivity contribution >= 4 is 31.2 Å². The number of nitrogens with zero attached hydrogens (tertiary/aromatic N) is 1. The second-order valence-electron chi connectivity index (χ2n) is 6.85. The molecule has 2 aliphatic heterocycles. The first-order valence-corrected chi connectivity index (χ1v) is 10.6. The fraction of sp³-hybridized carbons (Fsp3) is 0.500. The lowest BCUT2D eigenvalue weighted by molar-refractivity contribution is -0.149. The summed E-state index contributed by atoms with van der Waals surface area (Å²) in [6.07, 6.45) is 0. The van der Waals surface area contributed by atoms with Crippen LogP contribution in [0, 0.1) is 0 Å². The van der Waals surface area contributed by atoms with E-state index in [1.807, 2.05) is 6.07 Å². The molecule has 2 heterocycles. The summed E-state index contributed by atoms with van der Waals surface area (Å²) in [4.78, 5) is 36.5. The first-order chi connectivity index (χ1) is 12.1. The SMILES string of the molecule is COP(=O)(O)C1N2C(=O)C(NC(=O)C(N)c3ccccc3)[C@H]2SC1(C)C. The maximum Gasteiger partial charge on any atom is 0.351 e. The molecule has 2 amide bonds. The summed E-state index contributed by atoms with van der Waals surface area (Å²) < 4.78 is 16.5. The van der Waals surface area contributed by atoms with E-state index in [1.165, 1.54) is 16.7 Å². The Morgan fingerprint density at radius 3 is 2.62 bits per heavy atom. The lowest BCUT2D eigenvalue weighted by atomic mass is 10.0. The molecule has 1 aromatic carbocycles. The molecular weight excluding hydrogens is 377 g/mol. The lowest BCUT2D eigenvalue weighted by Gasteiger charge is -2.45. The normalized spacial score (nSPS) is 30.1. The van der Waals surface area contributed by atoms with E-state index in [0.717, 1.165) is 7.11 Å². The highest BCUT2D eigenvalue weighted by Crippen LogP contribution is 2.64. The molecule has 0 saturated carbocycles. The Labute approximate surface area is 156 Å². The minimum Gasteiger partial charge on any atom is -0.340 e. The third kappa shape index (κ3) is 3.08. The van der Waals surface area contributed by atoms with Crippen LogP contribution in [0.2, 0.25) is 0 Å². The van der Waals surface area contributed by atoms with Crippen LogP contribution in [-0.2, 0) is 18.7 Å². The molecule has 0 radical (unpaired) electrons. The second-order valence-corrected chi connectivity index (χ2v) is 10.6. The lowest BCUT2D eigenvalue weighted by Crippen LogP contribution is -2.69. The number of nitrogens with one attached hydrogen (secondary N) is 1. The Morgan fingerprint density at radius 1 is 1.42 bits per heavy atom. The molecule has 2 aliphatic rings. The standard InChI is InChI=1S/C16H22N3O5PS/c1-16(2)15(25(22,23)24-3)19-13(21)11(14(19)26-16)18-12(20)10(17)9-7-5-4-6-8-9/h4-8,10-11,14-15H,17H2,1-3H3,(H,18,20)(H,22,23)/t10?,11?,14-,15?/m1/s1. The molecule has 4 unspecified atom stereocenters. The summed E-state index contributed by atoms with van der Waals surface area (Å²) in [5, 5.41) is 2.25. The minimum atomic E-state index is -4.00. The number of β-lactam (4-membered cyclic amide) rings is 1. The molecule has 3 rings (SSSR count). The van der Waals surface area contributed by atoms with Gasteiger partial charge in [-0.25, -0.2) is 0 Å². The number of hydrogen-bond donors (Lipinski definition) is 3. The second kappa shape index (κ2) is 6.65. The van der Waals surface area contributed by atoms with Crippen molar-refractivity contribution in [2.45, 2.75) is 41.8 Å². The summed E-state index contributed by atoms with van der Waals surface area (Å²) in [6, 6.07) is 7.19. The van der Waals surface area contributed by atoms with Gasteiger partial charge in [-0.05, 0) is 19.4 Å². The van der Waals surface area contributed by atoms with Gasteiger partial charge in [-0.3, -0.25) is 14.2 Å². The number of fused-ring (bicyclic) bond motifs is 1. The van der Waals surface area contributed by atoms with Gasteiger partial charge < -0.3 is 25.4 Å². The molecule has 0 bridgehead atoms. The molecule has 0 aliphatic carbocycles. The number of carbonyl (C=O) groups excluding carboxylic acids is 2. The average molecular weight is 399 g/mol. The van der Waals surface area contributed by atoms with Crippen molar-refractivity contribution in [3.8, 4) is 0 Å². The van der Waals surface area contributed by atoms with Gasteiger partial charge in [0.25, 0.3) is 0 Å². The van der Waals surface area contributed by atoms with Crippen LogP contribution in [0.15, 0.2) is 30.3 Å². The number of carbonyl (C=O) groups is 2. The Hall–Kier alpha value is -1.38. The van der Waals surface area contributed by atoms with Crippen LogP contribution in [0.5, 0.6) is 0 Å². The number of amides is 2. The fourth-order valence-electron chi connectivity index (χ4n) is 3.42. The molecule has 10 heteroatoms. The van der Waals surface area contributed by atoms with Gasteiger partial charge in [-0.1, -0.05) is 30.3 Å². The molecule has 2 fully saturated rings. The molecule has 1 aromatic rings. The van der Waals surface area contributed by atoms with E-state index in [2.05, 4.69) is 5.32 Å². The molecule has 8 nitrogen and oxygen atoms in total. The zero-order valence-corrected chi connectivity index (χ0v) is 16.4. The van der Waals surface area contributed by atoms with Crippen molar-refractivity contribution in [2.75, 3.05) is 7.11 Å². The van der Waals surface area contributed by atoms with Crippen LogP contribution < -0.4 is 11.1 Å². The van der Waals surface area contributed by atoms with E-state index in [0.29, 0.717) is 5.56 Å². The van der Waals surface area contributed by atoms with Crippen molar-refractivity contribution < 1.29 is 23.6 Å². The van der Waals surface area contributed by atoms with Crippen LogP contribution in [0.3, 0.4) is 0 Å². The number of benzene rings is 1. The number of rotatable bonds is 5. The molecule has 5 atom stereocenters. The maximum absolute atomic E-state index is 12.6. The smallest absolute Gasteiger partial charge is 0.340 e. The highest BCUT2D eigenvalue weighted by molar-refractivity contribution is 8.02. The van der Waals surface area contributed by atoms with Gasteiger partial charge in [0.15, 0.2) is 0 Å². The van der Waals surface area contributed by atoms with E-state index in [-0.39, 0.29) is 0 Å². The monoisotopic (exact) mass is 399 g/mol. The van der Waals surface area contributed by atoms with E-state index in [4.69, 9.17) is 10.3 Å². The van der Waals surface area contributed by atoms with Crippen LogP contribution >= 0.6 is 19.4 Å². The van der Waals surface area contributed by atoms with Crippen LogP contribution in [-0.4, -0.2) is 50.7 Å². The van der Waals surface area contributed by atoms with E-state index in [9.17, 15) is 19.0 Å². The van der Waals surface area contributed by atoms with Crippen molar-refractivity contribution in [2.24, 2.45) is 5.73 Å². The average Bonchev–Trinajstić information content (AvgIpc) is 2.88. The highest BCUT2D eigenvalue weighted by Gasteiger charge is 2.67. The zero-order chi connectivity index (χ0) is 19.3. The van der Waals surface area contributed by atoms with E-state index < -0.39 is 47.4 Å². The van der Waals surface area contributed by atoms with Crippen LogP contribution in [0.4, 0.5) is 0 Å². The molecule has 0 spiro atoms. The van der Waals surface area contributed by atoms with Crippen molar-refractivity contribution in [3.05, 3.63) is 35.9 Å². The maximum atomic E-state index is 12.6. The van der Waals surface area contributed by atoms with E-state index in [1.54, 1.807) is 38.1 Å². The molecule has 26 heavy (non-hydrogen) atoms. The van der Waals surface area contributed by atoms with Crippen molar-refractivity contribution in [3.63, 3.8) is 0 Å². The third-order valence-electron chi connectivity index (χ3n) is 4.70. The Kier molecular flexibility index (Phi) is 4.96. The summed E-state index contributed by atoms with van der Waals surface area (Å²) in [5.74, 6) is -1.83. The van der Waals surface area contributed by atoms with E-state index >= 15 is 0 Å². The summed E-state index contributed by atoms with van der Waals surface area (Å²) >= 11 is 1.37. The van der Waals surface area contributed by atoms with Gasteiger partial charge in [0.05, 0.1) is 0 Å². The number of nitrogens with two attached hydrogens (primary N) is 1. The Bertz CT molecular complexity index is 774. The van der Waals surface area contributed by atoms with Crippen LogP contribution in [0.25, 0.3) is 0 Å². The first kappa shape index (κ1) is 19.4. The summed E-state index contributed by atoms with van der Waals surface area (Å²) in [6.45, 7) is 3.56. The Morgan fingerprint density at radius 2 is 2.04 bits per heavy atom. The van der Waals surface area contributed by atoms with Crippen molar-refractivity contribution in [1.29, 1.82) is 0 Å². The zero-order valence-electron chi connectivity index (χ0n) is 14.7. The van der Waals surface area contributed by atoms with Crippen LogP contribution in [0.1, 0.15) is 25.5 Å². The summed E-state index contributed by atoms with van der Waals surface area (Å²) in [5.41, 5.74) is 6.61. The third-order valence-corrected chi connectivity index (χ3v) is 8.48. The predicted octanol–water partition coefficient (Wildman–Crippen LogP) is 1.02. The first-order valence-electron chi connectivity index (χ1n) is 8.09. The molecule has 4 N–H and O–H groups in total. The summed E-state index contributed by atoms with van der Waals surface area (Å²) in [7, 11) is -2.85. The van der Waals surface area contributed by atoms with Crippen molar-refractivity contribution in [1.82, 2.24) is 10.2 Å². The Balaban J connectivity index is 1.74. The van der Waals surface area contributed by atoms with Gasteiger partial charge in [0.1, 0.15) is 23.2 Å². The van der Waals surface area contributed by atoms with Gasteiger partial charge in [-0.15, -0.1) is 11.8 Å². The van der Waals surface area contributed by atoms with Gasteiger partial charge in [0.2, 0.25) is 11.8 Å². The molecule has 0 aromatic heterocycles. The quantitative estimate of drug-likeness (QED) is 0.499. The van der Waals surface area contributed by atoms with Gasteiger partial charge in [-0.2, -0.15) is 0 Å². The topological polar surface area (TPSA) is 122 Å². The number of thioether (sulfide) groups is 1. The molecular formula is C16H22N3O5PS. The van der Waals surface area contributed by atoms with Gasteiger partial charge in [0, 0.05) is 11.9 Å². The number of hydrogen-bond acceptors (Lipinski definition) is 6. The largest absolute Gasteiger partial charge is 0.351 e. The molecule has 2 saturated heterocycles. The fourth-order valence-corrected chi connectivity index (χ4v) is 7.16.